The lowest BCUT2D eigenvalue weighted by Crippen LogP contribution is -2.60. The molecule has 4 aliphatic rings. The lowest BCUT2D eigenvalue weighted by atomic mass is 9.37. The van der Waals surface area contributed by atoms with E-state index in [4.69, 9.17) is 27.8 Å². The molecule has 7 aromatic carbocycles. The summed E-state index contributed by atoms with van der Waals surface area (Å²) in [5.74, 6) is 2.83. The Morgan fingerprint density at radius 3 is 1.27 bits per heavy atom. The summed E-state index contributed by atoms with van der Waals surface area (Å²) in [5, 5.41) is 2.06. The van der Waals surface area contributed by atoms with Crippen molar-refractivity contribution < 1.29 is 27.8 Å². The molecule has 66 heavy (non-hydrogen) atoms. The summed E-state index contributed by atoms with van der Waals surface area (Å²) in [5.41, 5.74) is 17.7. The van der Waals surface area contributed by atoms with Gasteiger partial charge >= 0.3 is 6.71 Å². The van der Waals surface area contributed by atoms with Gasteiger partial charge in [0, 0.05) is 45.4 Å². The largest absolute Gasteiger partial charge is 0.468 e. The minimum atomic E-state index is -0.410. The molecule has 13 rings (SSSR count). The van der Waals surface area contributed by atoms with Gasteiger partial charge in [-0.05, 0) is 99.6 Å². The van der Waals surface area contributed by atoms with Crippen molar-refractivity contribution in [3.8, 4) is 45.3 Å². The van der Waals surface area contributed by atoms with Gasteiger partial charge in [-0.25, -0.2) is 0 Å². The maximum Gasteiger partial charge on any atom is 0.342 e. The van der Waals surface area contributed by atoms with Gasteiger partial charge in [0.25, 0.3) is 0 Å². The van der Waals surface area contributed by atoms with Crippen molar-refractivity contribution in [1.29, 1.82) is 0 Å². The molecule has 0 fully saturated rings. The number of ether oxygens (including phenoxy) is 4. The van der Waals surface area contributed by atoms with Gasteiger partial charge in [0.2, 0.25) is 13.6 Å². The van der Waals surface area contributed by atoms with E-state index in [0.29, 0.717) is 11.5 Å². The first-order valence-electron chi connectivity index (χ1n) is 22.8. The molecule has 0 unspecified atom stereocenters. The molecule has 0 spiro atoms. The van der Waals surface area contributed by atoms with Crippen LogP contribution in [-0.4, -0.2) is 20.3 Å². The highest BCUT2D eigenvalue weighted by Gasteiger charge is 2.51. The molecule has 0 radical (unpaired) electrons. The summed E-state index contributed by atoms with van der Waals surface area (Å²) >= 11 is 0. The standard InChI is InChI=1S/C57H47BN2O6/c1-32-22-43-51-44(23-32)60(42-29-50-48(62-31-64-50)27-38(42)34-16-12-9-13-17-34)53-40-25-36(57(5,6)7)19-21-46(40)66-55(53)58(51)54-52(39-24-35(56(2,3)4)18-20-45(39)65-54)59(43)41-28-49-47(61-30-63-49)26-37(41)33-14-10-8-11-15-33/h8-29H,30-31H2,1-7H3. The van der Waals surface area contributed by atoms with Crippen molar-refractivity contribution >= 4 is 79.6 Å². The fraction of sp³-hybridized carbons (Fsp3) is 0.193. The smallest absolute Gasteiger partial charge is 0.342 e. The zero-order valence-electron chi connectivity index (χ0n) is 38.0. The molecule has 0 saturated heterocycles. The Morgan fingerprint density at radius 1 is 0.455 bits per heavy atom. The fourth-order valence-corrected chi connectivity index (χ4v) is 10.5. The highest BCUT2D eigenvalue weighted by Crippen LogP contribution is 2.55. The molecule has 9 heteroatoms. The average molecular weight is 867 g/mol. The summed E-state index contributed by atoms with van der Waals surface area (Å²) in [6.45, 7) is 15.7. The van der Waals surface area contributed by atoms with Crippen LogP contribution in [0.4, 0.5) is 34.1 Å². The van der Waals surface area contributed by atoms with Gasteiger partial charge in [-0.1, -0.05) is 114 Å². The third kappa shape index (κ3) is 5.71. The third-order valence-corrected chi connectivity index (χ3v) is 13.8. The molecule has 324 valence electrons. The second-order valence-electron chi connectivity index (χ2n) is 20.0. The van der Waals surface area contributed by atoms with Gasteiger partial charge in [0.05, 0.1) is 22.7 Å². The maximum atomic E-state index is 7.34. The highest BCUT2D eigenvalue weighted by atomic mass is 16.7. The second-order valence-corrected chi connectivity index (χ2v) is 20.0. The van der Waals surface area contributed by atoms with Gasteiger partial charge < -0.3 is 37.6 Å². The number of aryl methyl sites for hydroxylation is 1. The first kappa shape index (κ1) is 38.9. The lowest BCUT2D eigenvalue weighted by molar-refractivity contribution is 0.173. The van der Waals surface area contributed by atoms with Crippen LogP contribution in [0.2, 0.25) is 0 Å². The molecule has 0 bridgehead atoms. The van der Waals surface area contributed by atoms with Crippen LogP contribution >= 0.6 is 0 Å². The molecule has 9 aromatic rings. The van der Waals surface area contributed by atoms with Gasteiger partial charge in [-0.2, -0.15) is 0 Å². The number of hydrogen-bond acceptors (Lipinski definition) is 8. The van der Waals surface area contributed by atoms with E-state index in [0.717, 1.165) is 112 Å². The molecule has 0 N–H and O–H groups in total. The van der Waals surface area contributed by atoms with Crippen LogP contribution in [0.1, 0.15) is 58.2 Å². The normalized spacial score (nSPS) is 14.6. The Hall–Kier alpha value is -7.52. The number of benzene rings is 7. The van der Waals surface area contributed by atoms with E-state index in [2.05, 4.69) is 192 Å². The number of nitrogens with zero attached hydrogens (tertiary/aromatic N) is 2. The zero-order valence-corrected chi connectivity index (χ0v) is 38.0. The number of anilines is 6. The quantitative estimate of drug-likeness (QED) is 0.162. The molecular formula is C57H47BN2O6. The van der Waals surface area contributed by atoms with E-state index in [9.17, 15) is 0 Å². The molecule has 2 aromatic heterocycles. The Balaban J connectivity index is 1.19. The average Bonchev–Trinajstić information content (AvgIpc) is 4.13. The molecule has 6 heterocycles. The van der Waals surface area contributed by atoms with E-state index < -0.39 is 6.71 Å². The SMILES string of the molecule is Cc1cc2c3c(c1)N(c1cc4c(cc1-c1ccccc1)OCO4)c1c(oc4ccc(C(C)(C)C)cc14)B3c1oc3ccc(C(C)(C)C)cc3c1N2c1cc2c(cc1-c1ccccc1)OCO2. The Bertz CT molecular complexity index is 3260. The van der Waals surface area contributed by atoms with Crippen LogP contribution in [0.15, 0.2) is 142 Å². The monoisotopic (exact) mass is 866 g/mol. The minimum absolute atomic E-state index is 0.115. The van der Waals surface area contributed by atoms with E-state index in [1.807, 2.05) is 0 Å². The van der Waals surface area contributed by atoms with E-state index in [-0.39, 0.29) is 24.4 Å². The van der Waals surface area contributed by atoms with Crippen molar-refractivity contribution in [2.24, 2.45) is 0 Å². The topological polar surface area (TPSA) is 69.7 Å². The number of furan rings is 2. The van der Waals surface area contributed by atoms with Crippen LogP contribution in [0.3, 0.4) is 0 Å². The summed E-state index contributed by atoms with van der Waals surface area (Å²) in [7, 11) is 0. The van der Waals surface area contributed by atoms with Crippen LogP contribution in [-0.2, 0) is 10.8 Å². The Labute approximate surface area is 384 Å². The van der Waals surface area contributed by atoms with Crippen molar-refractivity contribution in [3.63, 3.8) is 0 Å². The predicted molar refractivity (Wildman–Crippen MR) is 265 cm³/mol. The molecule has 0 amide bonds. The Morgan fingerprint density at radius 2 is 0.864 bits per heavy atom. The first-order valence-corrected chi connectivity index (χ1v) is 22.8. The summed E-state index contributed by atoms with van der Waals surface area (Å²) in [6, 6.07) is 47.6. The Kier molecular flexibility index (Phi) is 8.11. The number of rotatable bonds is 4. The molecule has 8 nitrogen and oxygen atoms in total. The molecule has 0 saturated carbocycles. The zero-order chi connectivity index (χ0) is 44.8. The van der Waals surface area contributed by atoms with E-state index in [1.165, 1.54) is 11.1 Å². The fourth-order valence-electron chi connectivity index (χ4n) is 10.5. The highest BCUT2D eigenvalue weighted by molar-refractivity contribution is 6.99. The van der Waals surface area contributed by atoms with Crippen molar-refractivity contribution in [2.45, 2.75) is 59.3 Å². The van der Waals surface area contributed by atoms with Crippen molar-refractivity contribution in [2.75, 3.05) is 23.4 Å². The summed E-state index contributed by atoms with van der Waals surface area (Å²) in [6.07, 6.45) is 0. The number of fused-ring (bicyclic) bond motifs is 10. The van der Waals surface area contributed by atoms with Crippen LogP contribution in [0, 0.1) is 6.92 Å². The summed E-state index contributed by atoms with van der Waals surface area (Å²) in [4.78, 5) is 4.84. The minimum Gasteiger partial charge on any atom is -0.468 e. The van der Waals surface area contributed by atoms with Crippen molar-refractivity contribution in [1.82, 2.24) is 0 Å². The van der Waals surface area contributed by atoms with Crippen molar-refractivity contribution in [3.05, 3.63) is 150 Å². The van der Waals surface area contributed by atoms with Crippen LogP contribution in [0.5, 0.6) is 23.0 Å². The van der Waals surface area contributed by atoms with Gasteiger partial charge in [-0.15, -0.1) is 0 Å². The molecular weight excluding hydrogens is 819 g/mol. The van der Waals surface area contributed by atoms with Crippen LogP contribution < -0.4 is 45.5 Å². The molecule has 0 atom stereocenters. The lowest BCUT2D eigenvalue weighted by Gasteiger charge is -2.41. The van der Waals surface area contributed by atoms with E-state index >= 15 is 0 Å². The van der Waals surface area contributed by atoms with Gasteiger partial charge in [0.1, 0.15) is 22.5 Å². The molecule has 4 aliphatic heterocycles. The van der Waals surface area contributed by atoms with E-state index in [1.54, 1.807) is 0 Å². The number of hydrogen-bond donors (Lipinski definition) is 0. The second kappa shape index (κ2) is 13.8. The first-order chi connectivity index (χ1) is 31.9. The maximum absolute atomic E-state index is 7.34. The third-order valence-electron chi connectivity index (χ3n) is 13.8. The van der Waals surface area contributed by atoms with Gasteiger partial charge in [0.15, 0.2) is 23.0 Å². The molecule has 0 aliphatic carbocycles. The summed E-state index contributed by atoms with van der Waals surface area (Å²) < 4.78 is 39.2. The van der Waals surface area contributed by atoms with Gasteiger partial charge in [-0.3, -0.25) is 0 Å². The van der Waals surface area contributed by atoms with Crippen LogP contribution in [0.25, 0.3) is 44.2 Å². The predicted octanol–water partition coefficient (Wildman–Crippen LogP) is 13.0.